The molecule has 69 heavy (non-hydrogen) atoms. The van der Waals surface area contributed by atoms with Gasteiger partial charge in [-0.1, -0.05) is 237 Å². The molecule has 0 saturated heterocycles. The van der Waals surface area contributed by atoms with E-state index in [0.717, 1.165) is 0 Å². The molecule has 0 atom stereocenters. The zero-order valence-corrected chi connectivity index (χ0v) is 37.7. The molecular weight excluding hydrogens is 829 g/mol. The Morgan fingerprint density at radius 3 is 1.14 bits per heavy atom. The fourth-order valence-corrected chi connectivity index (χ4v) is 13.0. The Hall–Kier alpha value is -8.84. The molecule has 0 aliphatic heterocycles. The number of rotatable bonds is 4. The van der Waals surface area contributed by atoms with Crippen molar-refractivity contribution < 1.29 is 0 Å². The van der Waals surface area contributed by atoms with Crippen molar-refractivity contribution in [3.63, 3.8) is 0 Å². The summed E-state index contributed by atoms with van der Waals surface area (Å²) in [7, 11) is 0. The number of hydrogen-bond acceptors (Lipinski definition) is 0. The summed E-state index contributed by atoms with van der Waals surface area (Å²) in [4.78, 5) is 0. The maximum absolute atomic E-state index is 2.61. The van der Waals surface area contributed by atoms with E-state index >= 15 is 0 Å². The minimum Gasteiger partial charge on any atom is -0.0622 e. The molecule has 13 aromatic rings. The molecule has 0 radical (unpaired) electrons. The third kappa shape index (κ3) is 5.23. The van der Waals surface area contributed by atoms with Crippen molar-refractivity contribution in [3.05, 3.63) is 277 Å². The van der Waals surface area contributed by atoms with E-state index in [4.69, 9.17) is 0 Å². The molecule has 2 aliphatic carbocycles. The summed E-state index contributed by atoms with van der Waals surface area (Å²) in [6.07, 6.45) is 0. The Balaban J connectivity index is 1.09. The minimum absolute atomic E-state index is 0.566. The van der Waals surface area contributed by atoms with Gasteiger partial charge in [0.1, 0.15) is 0 Å². The van der Waals surface area contributed by atoms with E-state index in [9.17, 15) is 0 Å². The summed E-state index contributed by atoms with van der Waals surface area (Å²) in [5.74, 6) is 0. The first-order valence-corrected chi connectivity index (χ1v) is 24.2. The van der Waals surface area contributed by atoms with Crippen LogP contribution in [0.2, 0.25) is 0 Å². The van der Waals surface area contributed by atoms with Crippen LogP contribution in [0.25, 0.3) is 121 Å². The molecule has 0 bridgehead atoms. The van der Waals surface area contributed by atoms with Crippen molar-refractivity contribution in [1.82, 2.24) is 0 Å². The highest BCUT2D eigenvalue weighted by Gasteiger charge is 2.52. The molecule has 318 valence electrons. The quantitative estimate of drug-likeness (QED) is 0.155. The highest BCUT2D eigenvalue weighted by Crippen LogP contribution is 2.64. The van der Waals surface area contributed by atoms with Crippen molar-refractivity contribution in [3.8, 4) is 66.8 Å². The summed E-state index contributed by atoms with van der Waals surface area (Å²) in [6.45, 7) is 0. The molecule has 0 saturated carbocycles. The minimum atomic E-state index is -0.566. The first-order chi connectivity index (χ1) is 34.3. The molecular formula is C69H42. The van der Waals surface area contributed by atoms with E-state index in [1.54, 1.807) is 0 Å². The summed E-state index contributed by atoms with van der Waals surface area (Å²) in [6, 6.07) is 95.9. The number of fused-ring (bicyclic) bond motifs is 15. The molecule has 0 unspecified atom stereocenters. The van der Waals surface area contributed by atoms with E-state index in [1.807, 2.05) is 0 Å². The molecule has 2 aliphatic rings. The van der Waals surface area contributed by atoms with Crippen LogP contribution in [-0.4, -0.2) is 0 Å². The van der Waals surface area contributed by atoms with Gasteiger partial charge in [-0.2, -0.15) is 0 Å². The average molecular weight is 871 g/mol. The van der Waals surface area contributed by atoms with E-state index in [1.165, 1.54) is 143 Å². The van der Waals surface area contributed by atoms with Gasteiger partial charge in [0.05, 0.1) is 5.41 Å². The van der Waals surface area contributed by atoms with Crippen LogP contribution in [0.1, 0.15) is 22.3 Å². The van der Waals surface area contributed by atoms with E-state index < -0.39 is 5.41 Å². The first kappa shape index (κ1) is 38.3. The van der Waals surface area contributed by atoms with Gasteiger partial charge in [-0.3, -0.25) is 0 Å². The van der Waals surface area contributed by atoms with Gasteiger partial charge in [0, 0.05) is 0 Å². The lowest BCUT2D eigenvalue weighted by Gasteiger charge is -2.31. The van der Waals surface area contributed by atoms with Crippen molar-refractivity contribution in [2.45, 2.75) is 5.41 Å². The lowest BCUT2D eigenvalue weighted by Crippen LogP contribution is -2.26. The Morgan fingerprint density at radius 1 is 0.188 bits per heavy atom. The molecule has 0 heteroatoms. The molecule has 0 N–H and O–H groups in total. The second kappa shape index (κ2) is 14.6. The van der Waals surface area contributed by atoms with Crippen LogP contribution in [0.5, 0.6) is 0 Å². The molecule has 15 rings (SSSR count). The average Bonchev–Trinajstić information content (AvgIpc) is 3.88. The normalized spacial score (nSPS) is 13.0. The van der Waals surface area contributed by atoms with E-state index in [0.29, 0.717) is 0 Å². The standard InChI is InChI=1S/C69H42/c1-3-21-44(22-4-1)65-52-29-9-10-30-53(52)66(45-23-5-2-6-24-45)60-42-64-58(41-59(60)65)50-39-38-46(40-63(50)69(64)61-36-17-15-27-48(61)49-28-16-18-37-62(49)69)67-54-31-11-13-33-56(54)68(57-34-14-12-32-55(57)67)51-35-19-25-43-20-7-8-26-47(43)51/h1-42H. The highest BCUT2D eigenvalue weighted by atomic mass is 14.5. The van der Waals surface area contributed by atoms with Crippen LogP contribution in [0.4, 0.5) is 0 Å². The van der Waals surface area contributed by atoms with Gasteiger partial charge in [0.2, 0.25) is 0 Å². The topological polar surface area (TPSA) is 0 Å². The van der Waals surface area contributed by atoms with E-state index in [2.05, 4.69) is 255 Å². The van der Waals surface area contributed by atoms with Gasteiger partial charge < -0.3 is 0 Å². The zero-order chi connectivity index (χ0) is 45.2. The van der Waals surface area contributed by atoms with Crippen molar-refractivity contribution >= 4 is 53.9 Å². The summed E-state index contributed by atoms with van der Waals surface area (Å²) in [5, 5.41) is 12.6. The Kier molecular flexibility index (Phi) is 8.09. The van der Waals surface area contributed by atoms with Crippen molar-refractivity contribution in [2.75, 3.05) is 0 Å². The first-order valence-electron chi connectivity index (χ1n) is 24.2. The molecule has 0 heterocycles. The van der Waals surface area contributed by atoms with Crippen LogP contribution in [-0.2, 0) is 5.41 Å². The molecule has 0 nitrogen and oxygen atoms in total. The second-order valence-corrected chi connectivity index (χ2v) is 18.9. The molecule has 0 aromatic heterocycles. The molecule has 0 fully saturated rings. The van der Waals surface area contributed by atoms with Crippen LogP contribution in [0, 0.1) is 0 Å². The van der Waals surface area contributed by atoms with Gasteiger partial charge >= 0.3 is 0 Å². The van der Waals surface area contributed by atoms with Crippen LogP contribution < -0.4 is 0 Å². The Labute approximate surface area is 401 Å². The second-order valence-electron chi connectivity index (χ2n) is 18.9. The Morgan fingerprint density at radius 2 is 0.580 bits per heavy atom. The maximum atomic E-state index is 2.61. The van der Waals surface area contributed by atoms with Gasteiger partial charge in [0.15, 0.2) is 0 Å². The fraction of sp³-hybridized carbons (Fsp3) is 0.0145. The number of benzene rings is 13. The van der Waals surface area contributed by atoms with Gasteiger partial charge in [0.25, 0.3) is 0 Å². The smallest absolute Gasteiger partial charge is 0.0622 e. The monoisotopic (exact) mass is 870 g/mol. The number of hydrogen-bond donors (Lipinski definition) is 0. The summed E-state index contributed by atoms with van der Waals surface area (Å²) < 4.78 is 0. The molecule has 0 amide bonds. The van der Waals surface area contributed by atoms with Crippen LogP contribution in [0.3, 0.4) is 0 Å². The maximum Gasteiger partial charge on any atom is 0.0725 e. The van der Waals surface area contributed by atoms with Gasteiger partial charge in [-0.05, 0) is 161 Å². The van der Waals surface area contributed by atoms with Gasteiger partial charge in [-0.25, -0.2) is 0 Å². The lowest BCUT2D eigenvalue weighted by atomic mass is 9.69. The van der Waals surface area contributed by atoms with Crippen LogP contribution >= 0.6 is 0 Å². The third-order valence-electron chi connectivity index (χ3n) is 15.6. The molecule has 1 spiro atoms. The van der Waals surface area contributed by atoms with Gasteiger partial charge in [-0.15, -0.1) is 0 Å². The zero-order valence-electron chi connectivity index (χ0n) is 37.7. The summed E-state index contributed by atoms with van der Waals surface area (Å²) >= 11 is 0. The van der Waals surface area contributed by atoms with Crippen LogP contribution in [0.15, 0.2) is 255 Å². The summed E-state index contributed by atoms with van der Waals surface area (Å²) in [5.41, 5.74) is 20.0. The van der Waals surface area contributed by atoms with E-state index in [-0.39, 0.29) is 0 Å². The predicted octanol–water partition coefficient (Wildman–Crippen LogP) is 18.5. The Bertz CT molecular complexity index is 4180. The predicted molar refractivity (Wildman–Crippen MR) is 292 cm³/mol. The SMILES string of the molecule is c1ccc(-c2c3ccccc3c(-c3ccccc3)c3cc4c(cc23)-c2ccc(-c3c5ccccc5c(-c5cccc6ccccc56)c5ccccc35)cc2C42c3ccccc3-c3ccccc32)cc1. The largest absolute Gasteiger partial charge is 0.0725 e. The molecule has 13 aromatic carbocycles. The van der Waals surface area contributed by atoms with Crippen molar-refractivity contribution in [1.29, 1.82) is 0 Å². The third-order valence-corrected chi connectivity index (χ3v) is 15.6. The lowest BCUT2D eigenvalue weighted by molar-refractivity contribution is 0.795. The fourth-order valence-electron chi connectivity index (χ4n) is 13.0. The van der Waals surface area contributed by atoms with Crippen molar-refractivity contribution in [2.24, 2.45) is 0 Å². The highest BCUT2D eigenvalue weighted by molar-refractivity contribution is 6.25.